The minimum atomic E-state index is -4.27. The summed E-state index contributed by atoms with van der Waals surface area (Å²) in [4.78, 5) is 0. The standard InChI is InChI=1S/C13H13F3/c1-10(2)4-3-5-11-6-8-12(9-7-11)13(14,15)16/h6-10H,4H2,1-2H3. The van der Waals surface area contributed by atoms with Crippen LogP contribution in [0.4, 0.5) is 13.2 Å². The molecule has 16 heavy (non-hydrogen) atoms. The van der Waals surface area contributed by atoms with Gasteiger partial charge in [0.2, 0.25) is 0 Å². The van der Waals surface area contributed by atoms with Gasteiger partial charge in [0, 0.05) is 12.0 Å². The van der Waals surface area contributed by atoms with Crippen molar-refractivity contribution in [1.29, 1.82) is 0 Å². The smallest absolute Gasteiger partial charge is 0.166 e. The molecule has 0 saturated carbocycles. The lowest BCUT2D eigenvalue weighted by atomic mass is 10.1. The highest BCUT2D eigenvalue weighted by Gasteiger charge is 2.29. The van der Waals surface area contributed by atoms with Gasteiger partial charge in [-0.15, -0.1) is 0 Å². The zero-order valence-corrected chi connectivity index (χ0v) is 9.23. The normalized spacial score (nSPS) is 11.1. The van der Waals surface area contributed by atoms with E-state index in [0.717, 1.165) is 18.6 Å². The second kappa shape index (κ2) is 5.07. The van der Waals surface area contributed by atoms with Crippen LogP contribution in [0.25, 0.3) is 0 Å². The predicted octanol–water partition coefficient (Wildman–Crippen LogP) is 4.10. The van der Waals surface area contributed by atoms with Crippen LogP contribution in [0, 0.1) is 17.8 Å². The molecule has 0 amide bonds. The Hall–Kier alpha value is -1.43. The Balaban J connectivity index is 2.75. The summed E-state index contributed by atoms with van der Waals surface area (Å²) >= 11 is 0. The first-order valence-electron chi connectivity index (χ1n) is 5.05. The lowest BCUT2D eigenvalue weighted by molar-refractivity contribution is -0.137. The van der Waals surface area contributed by atoms with Gasteiger partial charge < -0.3 is 0 Å². The zero-order valence-electron chi connectivity index (χ0n) is 9.23. The Morgan fingerprint density at radius 1 is 1.12 bits per heavy atom. The first-order valence-corrected chi connectivity index (χ1v) is 5.05. The second-order valence-corrected chi connectivity index (χ2v) is 3.97. The molecule has 0 N–H and O–H groups in total. The molecule has 0 aromatic heterocycles. The largest absolute Gasteiger partial charge is 0.416 e. The maximum atomic E-state index is 12.2. The van der Waals surface area contributed by atoms with Crippen molar-refractivity contribution in [3.63, 3.8) is 0 Å². The Kier molecular flexibility index (Phi) is 4.00. The van der Waals surface area contributed by atoms with Gasteiger partial charge in [-0.2, -0.15) is 13.2 Å². The van der Waals surface area contributed by atoms with Crippen molar-refractivity contribution in [3.8, 4) is 11.8 Å². The Bertz CT molecular complexity index is 388. The van der Waals surface area contributed by atoms with Crippen LogP contribution in [-0.2, 0) is 6.18 Å². The zero-order chi connectivity index (χ0) is 12.2. The highest BCUT2D eigenvalue weighted by molar-refractivity contribution is 5.36. The van der Waals surface area contributed by atoms with Crippen molar-refractivity contribution in [2.24, 2.45) is 5.92 Å². The van der Waals surface area contributed by atoms with Crippen LogP contribution in [-0.4, -0.2) is 0 Å². The number of hydrogen-bond donors (Lipinski definition) is 0. The van der Waals surface area contributed by atoms with E-state index in [1.165, 1.54) is 12.1 Å². The van der Waals surface area contributed by atoms with E-state index in [2.05, 4.69) is 11.8 Å². The fourth-order valence-corrected chi connectivity index (χ4v) is 1.10. The van der Waals surface area contributed by atoms with Gasteiger partial charge in [0.05, 0.1) is 5.56 Å². The number of benzene rings is 1. The number of hydrogen-bond acceptors (Lipinski definition) is 0. The average Bonchev–Trinajstić information content (AvgIpc) is 2.16. The molecule has 86 valence electrons. The monoisotopic (exact) mass is 226 g/mol. The van der Waals surface area contributed by atoms with E-state index >= 15 is 0 Å². The lowest BCUT2D eigenvalue weighted by Crippen LogP contribution is -2.04. The molecule has 1 rings (SSSR count). The van der Waals surface area contributed by atoms with E-state index < -0.39 is 11.7 Å². The molecule has 0 unspecified atom stereocenters. The van der Waals surface area contributed by atoms with Crippen molar-refractivity contribution < 1.29 is 13.2 Å². The van der Waals surface area contributed by atoms with Gasteiger partial charge >= 0.3 is 6.18 Å². The van der Waals surface area contributed by atoms with Crippen molar-refractivity contribution in [2.75, 3.05) is 0 Å². The summed E-state index contributed by atoms with van der Waals surface area (Å²) in [5.74, 6) is 6.24. The summed E-state index contributed by atoms with van der Waals surface area (Å²) in [5, 5.41) is 0. The van der Waals surface area contributed by atoms with Gasteiger partial charge in [0.25, 0.3) is 0 Å². The van der Waals surface area contributed by atoms with E-state index in [1.807, 2.05) is 13.8 Å². The van der Waals surface area contributed by atoms with E-state index in [0.29, 0.717) is 11.5 Å². The van der Waals surface area contributed by atoms with Crippen molar-refractivity contribution >= 4 is 0 Å². The molecular formula is C13H13F3. The van der Waals surface area contributed by atoms with Gasteiger partial charge in [0.15, 0.2) is 0 Å². The average molecular weight is 226 g/mol. The molecular weight excluding hydrogens is 213 g/mol. The van der Waals surface area contributed by atoms with Crippen LogP contribution < -0.4 is 0 Å². The highest BCUT2D eigenvalue weighted by atomic mass is 19.4. The molecule has 0 bridgehead atoms. The number of halogens is 3. The van der Waals surface area contributed by atoms with Gasteiger partial charge in [-0.05, 0) is 30.2 Å². The van der Waals surface area contributed by atoms with E-state index in [4.69, 9.17) is 0 Å². The van der Waals surface area contributed by atoms with Crippen LogP contribution in [0.2, 0.25) is 0 Å². The Morgan fingerprint density at radius 2 is 1.69 bits per heavy atom. The van der Waals surface area contributed by atoms with Crippen LogP contribution in [0.1, 0.15) is 31.4 Å². The SMILES string of the molecule is CC(C)CC#Cc1ccc(C(F)(F)F)cc1. The van der Waals surface area contributed by atoms with Crippen molar-refractivity contribution in [2.45, 2.75) is 26.4 Å². The maximum Gasteiger partial charge on any atom is 0.416 e. The fraction of sp³-hybridized carbons (Fsp3) is 0.385. The Labute approximate surface area is 93.5 Å². The quantitative estimate of drug-likeness (QED) is 0.632. The molecule has 0 fully saturated rings. The minimum absolute atomic E-state index is 0.474. The fourth-order valence-electron chi connectivity index (χ4n) is 1.10. The topological polar surface area (TPSA) is 0 Å². The second-order valence-electron chi connectivity index (χ2n) is 3.97. The molecule has 0 heterocycles. The Morgan fingerprint density at radius 3 is 2.12 bits per heavy atom. The van der Waals surface area contributed by atoms with Gasteiger partial charge in [-0.3, -0.25) is 0 Å². The number of alkyl halides is 3. The summed E-state index contributed by atoms with van der Waals surface area (Å²) in [6.07, 6.45) is -3.52. The molecule has 0 atom stereocenters. The third-order valence-electron chi connectivity index (χ3n) is 1.96. The van der Waals surface area contributed by atoms with Gasteiger partial charge in [-0.25, -0.2) is 0 Å². The predicted molar refractivity (Wildman–Crippen MR) is 57.8 cm³/mol. The summed E-state index contributed by atoms with van der Waals surface area (Å²) in [5.41, 5.74) is -0.0180. The summed E-state index contributed by atoms with van der Waals surface area (Å²) in [6.45, 7) is 4.09. The molecule has 0 aliphatic carbocycles. The summed E-state index contributed by atoms with van der Waals surface area (Å²) in [6, 6.07) is 4.91. The third kappa shape index (κ3) is 3.98. The molecule has 0 spiro atoms. The molecule has 0 aliphatic heterocycles. The van der Waals surface area contributed by atoms with E-state index in [-0.39, 0.29) is 0 Å². The van der Waals surface area contributed by atoms with E-state index in [1.54, 1.807) is 0 Å². The van der Waals surface area contributed by atoms with Gasteiger partial charge in [-0.1, -0.05) is 25.7 Å². The maximum absolute atomic E-state index is 12.2. The first-order chi connectivity index (χ1) is 7.39. The molecule has 1 aromatic carbocycles. The summed E-state index contributed by atoms with van der Waals surface area (Å²) < 4.78 is 36.7. The van der Waals surface area contributed by atoms with E-state index in [9.17, 15) is 13.2 Å². The van der Waals surface area contributed by atoms with Crippen molar-refractivity contribution in [1.82, 2.24) is 0 Å². The molecule has 1 aromatic rings. The summed E-state index contributed by atoms with van der Waals surface area (Å²) in [7, 11) is 0. The lowest BCUT2D eigenvalue weighted by Gasteiger charge is -2.05. The number of rotatable bonds is 1. The molecule has 0 aliphatic rings. The van der Waals surface area contributed by atoms with Crippen LogP contribution in [0.3, 0.4) is 0 Å². The molecule has 0 nitrogen and oxygen atoms in total. The van der Waals surface area contributed by atoms with Crippen LogP contribution in [0.5, 0.6) is 0 Å². The molecule has 0 saturated heterocycles. The molecule has 3 heteroatoms. The van der Waals surface area contributed by atoms with Crippen molar-refractivity contribution in [3.05, 3.63) is 35.4 Å². The van der Waals surface area contributed by atoms with Gasteiger partial charge in [0.1, 0.15) is 0 Å². The molecule has 0 radical (unpaired) electrons. The first kappa shape index (κ1) is 12.6. The van der Waals surface area contributed by atoms with Crippen LogP contribution >= 0.6 is 0 Å². The third-order valence-corrected chi connectivity index (χ3v) is 1.96. The minimum Gasteiger partial charge on any atom is -0.166 e. The van der Waals surface area contributed by atoms with Crippen LogP contribution in [0.15, 0.2) is 24.3 Å². The highest BCUT2D eigenvalue weighted by Crippen LogP contribution is 2.28.